The monoisotopic (exact) mass is 269 g/mol. The molecule has 0 aliphatic heterocycles. The van der Waals surface area contributed by atoms with Crippen LogP contribution in [0, 0.1) is 11.6 Å². The molecule has 0 aliphatic carbocycles. The average molecular weight is 270 g/mol. The molecule has 94 valence electrons. The number of nitrogens with one attached hydrogen (secondary N) is 1. The second-order valence-corrected chi connectivity index (χ2v) is 4.07. The van der Waals surface area contributed by atoms with Crippen LogP contribution < -0.4 is 11.3 Å². The van der Waals surface area contributed by atoms with E-state index in [9.17, 15) is 8.78 Å². The van der Waals surface area contributed by atoms with E-state index in [4.69, 9.17) is 17.4 Å². The zero-order valence-electron chi connectivity index (χ0n) is 9.20. The van der Waals surface area contributed by atoms with E-state index in [0.29, 0.717) is 16.3 Å². The number of rotatable bonds is 3. The summed E-state index contributed by atoms with van der Waals surface area (Å²) >= 11 is 5.99. The maximum Gasteiger partial charge on any atom is 0.141 e. The van der Waals surface area contributed by atoms with Crippen molar-refractivity contribution < 1.29 is 8.78 Å². The maximum absolute atomic E-state index is 13.2. The second kappa shape index (κ2) is 5.39. The SMILES string of the molecule is NNC(c1ccc(F)cn1)c1cc(F)ccc1Cl. The molecule has 0 fully saturated rings. The number of hydrazine groups is 1. The molecule has 1 aromatic carbocycles. The van der Waals surface area contributed by atoms with Gasteiger partial charge in [0.1, 0.15) is 11.6 Å². The van der Waals surface area contributed by atoms with Gasteiger partial charge in [-0.15, -0.1) is 0 Å². The lowest BCUT2D eigenvalue weighted by molar-refractivity contribution is 0.587. The van der Waals surface area contributed by atoms with Gasteiger partial charge in [-0.25, -0.2) is 14.2 Å². The number of nitrogens with zero attached hydrogens (tertiary/aromatic N) is 1. The van der Waals surface area contributed by atoms with Gasteiger partial charge in [-0.2, -0.15) is 0 Å². The molecule has 18 heavy (non-hydrogen) atoms. The number of pyridine rings is 1. The van der Waals surface area contributed by atoms with Gasteiger partial charge in [0.15, 0.2) is 0 Å². The molecule has 1 heterocycles. The van der Waals surface area contributed by atoms with Crippen molar-refractivity contribution in [2.75, 3.05) is 0 Å². The first-order chi connectivity index (χ1) is 8.61. The van der Waals surface area contributed by atoms with E-state index in [-0.39, 0.29) is 0 Å². The first-order valence-electron chi connectivity index (χ1n) is 5.14. The Hall–Kier alpha value is -1.56. The quantitative estimate of drug-likeness (QED) is 0.665. The summed E-state index contributed by atoms with van der Waals surface area (Å²) in [5.41, 5.74) is 3.38. The topological polar surface area (TPSA) is 50.9 Å². The summed E-state index contributed by atoms with van der Waals surface area (Å²) in [5, 5.41) is 0.352. The van der Waals surface area contributed by atoms with E-state index >= 15 is 0 Å². The lowest BCUT2D eigenvalue weighted by Gasteiger charge is -2.17. The van der Waals surface area contributed by atoms with Gasteiger partial charge in [0.2, 0.25) is 0 Å². The Morgan fingerprint density at radius 1 is 1.17 bits per heavy atom. The Balaban J connectivity index is 2.44. The molecule has 1 atom stereocenters. The standard InChI is InChI=1S/C12H10ClF2N3/c13-10-3-1-7(14)5-9(10)12(18-16)11-4-2-8(15)6-17-11/h1-6,12,18H,16H2. The second-order valence-electron chi connectivity index (χ2n) is 3.67. The minimum Gasteiger partial charge on any atom is -0.271 e. The van der Waals surface area contributed by atoms with Crippen molar-refractivity contribution in [2.45, 2.75) is 6.04 Å². The van der Waals surface area contributed by atoms with Crippen LogP contribution in [0.1, 0.15) is 17.3 Å². The largest absolute Gasteiger partial charge is 0.271 e. The predicted molar refractivity (Wildman–Crippen MR) is 64.8 cm³/mol. The van der Waals surface area contributed by atoms with Crippen LogP contribution in [-0.4, -0.2) is 4.98 Å². The van der Waals surface area contributed by atoms with Crippen molar-refractivity contribution in [3.05, 3.63) is 64.4 Å². The Bertz CT molecular complexity index is 546. The first kappa shape index (κ1) is 12.9. The zero-order valence-corrected chi connectivity index (χ0v) is 9.96. The Labute approximate surface area is 108 Å². The van der Waals surface area contributed by atoms with Crippen molar-refractivity contribution >= 4 is 11.6 Å². The van der Waals surface area contributed by atoms with Gasteiger partial charge in [0, 0.05) is 5.02 Å². The molecule has 0 radical (unpaired) electrons. The molecular formula is C12H10ClF2N3. The van der Waals surface area contributed by atoms with Crippen molar-refractivity contribution in [3.63, 3.8) is 0 Å². The van der Waals surface area contributed by atoms with Gasteiger partial charge < -0.3 is 0 Å². The third-order valence-corrected chi connectivity index (χ3v) is 2.83. The van der Waals surface area contributed by atoms with E-state index in [2.05, 4.69) is 10.4 Å². The molecule has 0 saturated carbocycles. The van der Waals surface area contributed by atoms with Crippen LogP contribution in [0.5, 0.6) is 0 Å². The fourth-order valence-corrected chi connectivity index (χ4v) is 1.85. The van der Waals surface area contributed by atoms with Crippen molar-refractivity contribution in [2.24, 2.45) is 5.84 Å². The summed E-state index contributed by atoms with van der Waals surface area (Å²) in [6.45, 7) is 0. The van der Waals surface area contributed by atoms with Gasteiger partial charge in [-0.3, -0.25) is 10.8 Å². The Kier molecular flexibility index (Phi) is 3.86. The molecule has 6 heteroatoms. The molecular weight excluding hydrogens is 260 g/mol. The van der Waals surface area contributed by atoms with Crippen molar-refractivity contribution in [1.29, 1.82) is 0 Å². The molecule has 1 unspecified atom stereocenters. The zero-order chi connectivity index (χ0) is 13.1. The highest BCUT2D eigenvalue weighted by atomic mass is 35.5. The lowest BCUT2D eigenvalue weighted by Crippen LogP contribution is -2.29. The third-order valence-electron chi connectivity index (χ3n) is 2.48. The molecule has 2 rings (SSSR count). The molecule has 2 aromatic rings. The van der Waals surface area contributed by atoms with Crippen LogP contribution in [0.4, 0.5) is 8.78 Å². The summed E-state index contributed by atoms with van der Waals surface area (Å²) in [4.78, 5) is 3.90. The maximum atomic E-state index is 13.2. The fraction of sp³-hybridized carbons (Fsp3) is 0.0833. The first-order valence-corrected chi connectivity index (χ1v) is 5.52. The highest BCUT2D eigenvalue weighted by molar-refractivity contribution is 6.31. The fourth-order valence-electron chi connectivity index (χ4n) is 1.63. The molecule has 3 nitrogen and oxygen atoms in total. The van der Waals surface area contributed by atoms with E-state index in [0.717, 1.165) is 6.20 Å². The molecule has 0 bridgehead atoms. The number of hydrogen-bond acceptors (Lipinski definition) is 3. The summed E-state index contributed by atoms with van der Waals surface area (Å²) < 4.78 is 26.0. The molecule has 0 aliphatic rings. The Morgan fingerprint density at radius 2 is 1.89 bits per heavy atom. The van der Waals surface area contributed by atoms with Crippen LogP contribution in [0.3, 0.4) is 0 Å². The van der Waals surface area contributed by atoms with Crippen LogP contribution >= 0.6 is 11.6 Å². The number of aromatic nitrogens is 1. The summed E-state index contributed by atoms with van der Waals surface area (Å²) in [7, 11) is 0. The van der Waals surface area contributed by atoms with Crippen LogP contribution in [0.15, 0.2) is 36.5 Å². The molecule has 3 N–H and O–H groups in total. The molecule has 1 aromatic heterocycles. The summed E-state index contributed by atoms with van der Waals surface area (Å²) in [5.74, 6) is 4.54. The number of halogens is 3. The average Bonchev–Trinajstić information content (AvgIpc) is 2.37. The predicted octanol–water partition coefficient (Wildman–Crippen LogP) is 2.57. The van der Waals surface area contributed by atoms with Gasteiger partial charge in [-0.1, -0.05) is 11.6 Å². The van der Waals surface area contributed by atoms with Gasteiger partial charge in [0.05, 0.1) is 17.9 Å². The van der Waals surface area contributed by atoms with E-state index in [1.54, 1.807) is 0 Å². The molecule has 0 spiro atoms. The number of hydrogen-bond donors (Lipinski definition) is 2. The van der Waals surface area contributed by atoms with Gasteiger partial charge in [0.25, 0.3) is 0 Å². The van der Waals surface area contributed by atoms with Gasteiger partial charge >= 0.3 is 0 Å². The molecule has 0 saturated heterocycles. The normalized spacial score (nSPS) is 12.4. The summed E-state index contributed by atoms with van der Waals surface area (Å²) in [6, 6.07) is 6.05. The third kappa shape index (κ3) is 2.64. The van der Waals surface area contributed by atoms with E-state index in [1.165, 1.54) is 30.3 Å². The highest BCUT2D eigenvalue weighted by Crippen LogP contribution is 2.27. The van der Waals surface area contributed by atoms with Gasteiger partial charge in [-0.05, 0) is 35.9 Å². The van der Waals surface area contributed by atoms with Crippen LogP contribution in [-0.2, 0) is 0 Å². The lowest BCUT2D eigenvalue weighted by atomic mass is 10.0. The van der Waals surface area contributed by atoms with Crippen molar-refractivity contribution in [1.82, 2.24) is 10.4 Å². The minimum atomic E-state index is -0.603. The minimum absolute atomic E-state index is 0.352. The molecule has 0 amide bonds. The summed E-state index contributed by atoms with van der Waals surface area (Å²) in [6.07, 6.45) is 1.06. The van der Waals surface area contributed by atoms with E-state index < -0.39 is 17.7 Å². The van der Waals surface area contributed by atoms with E-state index in [1.807, 2.05) is 0 Å². The highest BCUT2D eigenvalue weighted by Gasteiger charge is 2.17. The number of benzene rings is 1. The van der Waals surface area contributed by atoms with Crippen molar-refractivity contribution in [3.8, 4) is 0 Å². The van der Waals surface area contributed by atoms with Crippen LogP contribution in [0.25, 0.3) is 0 Å². The smallest absolute Gasteiger partial charge is 0.141 e. The van der Waals surface area contributed by atoms with Crippen LogP contribution in [0.2, 0.25) is 5.02 Å². The number of nitrogens with two attached hydrogens (primary N) is 1. The Morgan fingerprint density at radius 3 is 2.50 bits per heavy atom.